The number of nitrogens with one attached hydrogen (secondary N) is 2. The molecule has 0 bridgehead atoms. The predicted octanol–water partition coefficient (Wildman–Crippen LogP) is -1.34. The fraction of sp³-hybridized carbons (Fsp3) is 0.556. The first-order chi connectivity index (χ1) is 12.1. The first kappa shape index (κ1) is 16.5. The van der Waals surface area contributed by atoms with Gasteiger partial charge in [0.2, 0.25) is 0 Å². The van der Waals surface area contributed by atoms with Gasteiger partial charge in [0.15, 0.2) is 0 Å². The Balaban J connectivity index is 1.47. The van der Waals surface area contributed by atoms with Gasteiger partial charge >= 0.3 is 6.03 Å². The van der Waals surface area contributed by atoms with Crippen molar-refractivity contribution in [3.8, 4) is 0 Å². The monoisotopic (exact) mass is 346 g/mol. The molecular formula is C18H24N3O4+. The van der Waals surface area contributed by atoms with Crippen LogP contribution in [-0.2, 0) is 21.5 Å². The van der Waals surface area contributed by atoms with Crippen molar-refractivity contribution in [2.45, 2.75) is 24.5 Å². The van der Waals surface area contributed by atoms with Crippen molar-refractivity contribution in [3.05, 3.63) is 35.4 Å². The highest BCUT2D eigenvalue weighted by Gasteiger charge is 2.55. The molecule has 1 spiro atoms. The molecule has 1 aromatic rings. The highest BCUT2D eigenvalue weighted by Crippen LogP contribution is 2.41. The summed E-state index contributed by atoms with van der Waals surface area (Å²) < 4.78 is 5.31. The van der Waals surface area contributed by atoms with E-state index in [2.05, 4.69) is 5.32 Å². The molecule has 0 aromatic heterocycles. The predicted molar refractivity (Wildman–Crippen MR) is 89.1 cm³/mol. The van der Waals surface area contributed by atoms with E-state index >= 15 is 0 Å². The number of urea groups is 1. The number of carbonyl (C=O) groups is 2. The second-order valence-electron chi connectivity index (χ2n) is 7.13. The van der Waals surface area contributed by atoms with Gasteiger partial charge in [0.1, 0.15) is 31.3 Å². The fourth-order valence-electron chi connectivity index (χ4n) is 4.23. The van der Waals surface area contributed by atoms with Crippen LogP contribution in [0.1, 0.15) is 17.5 Å². The minimum atomic E-state index is -0.945. The highest BCUT2D eigenvalue weighted by atomic mass is 16.5. The molecule has 0 saturated carbocycles. The van der Waals surface area contributed by atoms with Crippen LogP contribution in [0.2, 0.25) is 0 Å². The molecule has 0 unspecified atom stereocenters. The third kappa shape index (κ3) is 2.82. The molecule has 3 amide bonds. The van der Waals surface area contributed by atoms with Crippen LogP contribution in [0.25, 0.3) is 0 Å². The fourth-order valence-corrected chi connectivity index (χ4v) is 4.23. The number of imide groups is 1. The van der Waals surface area contributed by atoms with Gasteiger partial charge in [0.05, 0.1) is 19.8 Å². The first-order valence-corrected chi connectivity index (χ1v) is 8.92. The number of aliphatic hydroxyl groups excluding tert-OH is 1. The van der Waals surface area contributed by atoms with Gasteiger partial charge in [0, 0.05) is 0 Å². The Kier molecular flexibility index (Phi) is 4.23. The molecule has 2 aliphatic heterocycles. The minimum Gasteiger partial charge on any atom is -0.385 e. The van der Waals surface area contributed by atoms with E-state index in [0.29, 0.717) is 26.2 Å². The van der Waals surface area contributed by atoms with Crippen LogP contribution in [0.4, 0.5) is 4.79 Å². The van der Waals surface area contributed by atoms with E-state index in [1.165, 1.54) is 9.80 Å². The number of aliphatic hydroxyl groups is 1. The van der Waals surface area contributed by atoms with Crippen LogP contribution in [0.15, 0.2) is 24.3 Å². The summed E-state index contributed by atoms with van der Waals surface area (Å²) in [6, 6.07) is 7.36. The molecule has 3 aliphatic rings. The number of benzene rings is 1. The van der Waals surface area contributed by atoms with E-state index < -0.39 is 17.7 Å². The van der Waals surface area contributed by atoms with Crippen LogP contribution >= 0.6 is 0 Å². The number of rotatable bonds is 4. The van der Waals surface area contributed by atoms with Gasteiger partial charge in [-0.1, -0.05) is 24.3 Å². The third-order valence-corrected chi connectivity index (χ3v) is 5.54. The molecule has 0 radical (unpaired) electrons. The first-order valence-electron chi connectivity index (χ1n) is 8.92. The number of amides is 3. The molecule has 7 heteroatoms. The van der Waals surface area contributed by atoms with Gasteiger partial charge in [-0.3, -0.25) is 9.69 Å². The third-order valence-electron chi connectivity index (χ3n) is 5.54. The molecule has 134 valence electrons. The summed E-state index contributed by atoms with van der Waals surface area (Å²) in [4.78, 5) is 27.9. The van der Waals surface area contributed by atoms with E-state index in [4.69, 9.17) is 4.74 Å². The molecule has 2 heterocycles. The van der Waals surface area contributed by atoms with E-state index in [9.17, 15) is 14.7 Å². The second-order valence-corrected chi connectivity index (χ2v) is 7.13. The lowest BCUT2D eigenvalue weighted by Gasteiger charge is -2.27. The number of nitrogens with zero attached hydrogens (tertiary/aromatic N) is 1. The molecule has 2 saturated heterocycles. The lowest BCUT2D eigenvalue weighted by atomic mass is 9.92. The summed E-state index contributed by atoms with van der Waals surface area (Å²) >= 11 is 0. The number of aryl methyl sites for hydroxylation is 1. The van der Waals surface area contributed by atoms with Crippen LogP contribution in [0.5, 0.6) is 0 Å². The molecule has 2 fully saturated rings. The molecular weight excluding hydrogens is 322 g/mol. The van der Waals surface area contributed by atoms with Crippen molar-refractivity contribution < 1.29 is 24.3 Å². The molecule has 25 heavy (non-hydrogen) atoms. The number of hydrogen-bond acceptors (Lipinski definition) is 4. The lowest BCUT2D eigenvalue weighted by Crippen LogP contribution is -3.15. The van der Waals surface area contributed by atoms with Gasteiger partial charge in [-0.15, -0.1) is 0 Å². The van der Waals surface area contributed by atoms with Crippen molar-refractivity contribution in [2.75, 3.05) is 39.4 Å². The summed E-state index contributed by atoms with van der Waals surface area (Å²) in [6.07, 6.45) is 0.629. The average molecular weight is 346 g/mol. The zero-order chi connectivity index (χ0) is 17.4. The number of morpholine rings is 1. The van der Waals surface area contributed by atoms with E-state index in [0.717, 1.165) is 30.6 Å². The summed E-state index contributed by atoms with van der Waals surface area (Å²) in [7, 11) is 0. The largest absolute Gasteiger partial charge is 0.385 e. The Morgan fingerprint density at radius 1 is 1.28 bits per heavy atom. The van der Waals surface area contributed by atoms with Gasteiger partial charge in [-0.2, -0.15) is 0 Å². The molecule has 7 nitrogen and oxygen atoms in total. The van der Waals surface area contributed by atoms with Crippen molar-refractivity contribution in [2.24, 2.45) is 0 Å². The Bertz CT molecular complexity index is 689. The topological polar surface area (TPSA) is 83.3 Å². The van der Waals surface area contributed by atoms with E-state index in [1.54, 1.807) is 0 Å². The Morgan fingerprint density at radius 2 is 2.04 bits per heavy atom. The number of ether oxygens (including phenoxy) is 1. The highest BCUT2D eigenvalue weighted by molar-refractivity contribution is 6.08. The Labute approximate surface area is 146 Å². The summed E-state index contributed by atoms with van der Waals surface area (Å²) in [6.45, 7) is 3.61. The van der Waals surface area contributed by atoms with Crippen molar-refractivity contribution >= 4 is 11.9 Å². The Hall–Kier alpha value is -1.96. The maximum absolute atomic E-state index is 13.0. The van der Waals surface area contributed by atoms with Crippen LogP contribution in [0.3, 0.4) is 0 Å². The number of hydrogen-bond donors (Lipinski definition) is 3. The molecule has 1 aromatic carbocycles. The maximum Gasteiger partial charge on any atom is 0.325 e. The van der Waals surface area contributed by atoms with Gasteiger partial charge in [-0.05, 0) is 24.0 Å². The molecule has 3 N–H and O–H groups in total. The van der Waals surface area contributed by atoms with Gasteiger partial charge in [0.25, 0.3) is 5.91 Å². The molecule has 1 aliphatic carbocycles. The Morgan fingerprint density at radius 3 is 2.84 bits per heavy atom. The smallest absolute Gasteiger partial charge is 0.325 e. The number of carbonyl (C=O) groups excluding carboxylic acids is 2. The number of β-amino-alcohol motifs (C(OH)–C–C–N with tert-alkyl or cyclic N) is 1. The maximum atomic E-state index is 13.0. The average Bonchev–Trinajstić information content (AvgIpc) is 3.10. The van der Waals surface area contributed by atoms with Gasteiger partial charge < -0.3 is 20.1 Å². The normalized spacial score (nSPS) is 27.6. The number of fused-ring (bicyclic) bond motifs is 2. The van der Waals surface area contributed by atoms with Crippen LogP contribution < -0.4 is 10.2 Å². The van der Waals surface area contributed by atoms with E-state index in [-0.39, 0.29) is 12.5 Å². The summed E-state index contributed by atoms with van der Waals surface area (Å²) in [5, 5.41) is 13.3. The molecule has 2 atom stereocenters. The van der Waals surface area contributed by atoms with Crippen molar-refractivity contribution in [1.82, 2.24) is 10.2 Å². The summed E-state index contributed by atoms with van der Waals surface area (Å²) in [5.41, 5.74) is 1.06. The number of quaternary nitrogens is 1. The SMILES string of the molecule is O=C1N[C@@]2(CCc3ccccc32)C(=O)N1C[C@H](O)C[NH+]1CCOCC1. The van der Waals surface area contributed by atoms with Crippen LogP contribution in [0, 0.1) is 0 Å². The zero-order valence-corrected chi connectivity index (χ0v) is 14.2. The van der Waals surface area contributed by atoms with Crippen molar-refractivity contribution in [1.29, 1.82) is 0 Å². The lowest BCUT2D eigenvalue weighted by molar-refractivity contribution is -0.910. The second kappa shape index (κ2) is 6.40. The quantitative estimate of drug-likeness (QED) is 0.589. The van der Waals surface area contributed by atoms with Crippen molar-refractivity contribution in [3.63, 3.8) is 0 Å². The zero-order valence-electron chi connectivity index (χ0n) is 14.2. The standard InChI is InChI=1S/C18H23N3O4/c22-14(11-20-7-9-25-10-8-20)12-21-16(23)18(19-17(21)24)6-5-13-3-1-2-4-15(13)18/h1-4,14,22H,5-12H2,(H,19,24)/p+1/t14-,18-/m1/s1. The molecule has 4 rings (SSSR count). The van der Waals surface area contributed by atoms with Gasteiger partial charge in [-0.25, -0.2) is 4.79 Å². The van der Waals surface area contributed by atoms with Crippen LogP contribution in [-0.4, -0.2) is 67.4 Å². The van der Waals surface area contributed by atoms with E-state index in [1.807, 2.05) is 24.3 Å². The minimum absolute atomic E-state index is 0.0406. The summed E-state index contributed by atoms with van der Waals surface area (Å²) in [5.74, 6) is -0.238.